The molecule has 0 amide bonds. The van der Waals surface area contributed by atoms with Gasteiger partial charge in [-0.25, -0.2) is 4.79 Å². The van der Waals surface area contributed by atoms with E-state index in [-0.39, 0.29) is 33.8 Å². The number of phenols is 4. The molecule has 10 atom stereocenters. The number of benzene rings is 3. The molecular formula is C36H36O17. The number of hydrogen-bond acceptors (Lipinski definition) is 17. The molecule has 6 rings (SSSR count). The lowest BCUT2D eigenvalue weighted by molar-refractivity contribution is -0.349. The maximum atomic E-state index is 13.7. The van der Waals surface area contributed by atoms with Gasteiger partial charge in [-0.1, -0.05) is 12.1 Å². The third kappa shape index (κ3) is 7.92. The first-order chi connectivity index (χ1) is 25.2. The van der Waals surface area contributed by atoms with Crippen molar-refractivity contribution in [3.8, 4) is 40.1 Å². The van der Waals surface area contributed by atoms with Gasteiger partial charge in [0.15, 0.2) is 12.1 Å². The molecule has 0 radical (unpaired) electrons. The van der Waals surface area contributed by atoms with E-state index in [0.717, 1.165) is 18.2 Å². The Balaban J connectivity index is 1.17. The van der Waals surface area contributed by atoms with Crippen LogP contribution in [0.25, 0.3) is 28.4 Å². The molecule has 2 aliphatic rings. The third-order valence-electron chi connectivity index (χ3n) is 8.71. The monoisotopic (exact) mass is 740 g/mol. The summed E-state index contributed by atoms with van der Waals surface area (Å²) >= 11 is 0. The lowest BCUT2D eigenvalue weighted by Crippen LogP contribution is -2.64. The number of carbonyl (C=O) groups excluding carboxylic acids is 1. The average Bonchev–Trinajstić information content (AvgIpc) is 3.12. The van der Waals surface area contributed by atoms with E-state index in [0.29, 0.717) is 5.56 Å². The molecule has 10 unspecified atom stereocenters. The largest absolute Gasteiger partial charge is 0.508 e. The molecule has 0 saturated carbocycles. The van der Waals surface area contributed by atoms with Crippen molar-refractivity contribution in [1.82, 2.24) is 0 Å². The van der Waals surface area contributed by atoms with Gasteiger partial charge < -0.3 is 74.1 Å². The van der Waals surface area contributed by atoms with E-state index >= 15 is 0 Å². The molecule has 1 aromatic heterocycles. The SMILES string of the molecule is CC1OC(Oc2c(-c3ccc(O)cc3)oc3cc(O)cc(O)c3c2=O)C(O)C(O)C1OC1OC(COC(=O)/C=C/c2ccc(O)cc2)C(O)C(O)C1O. The maximum absolute atomic E-state index is 13.7. The summed E-state index contributed by atoms with van der Waals surface area (Å²) < 4.78 is 33.9. The van der Waals surface area contributed by atoms with E-state index in [1.54, 1.807) is 12.1 Å². The van der Waals surface area contributed by atoms with Gasteiger partial charge in [0, 0.05) is 23.8 Å². The Morgan fingerprint density at radius 3 is 2.09 bits per heavy atom. The zero-order chi connectivity index (χ0) is 38.1. The Morgan fingerprint density at radius 1 is 0.774 bits per heavy atom. The highest BCUT2D eigenvalue weighted by Crippen LogP contribution is 2.38. The predicted octanol–water partition coefficient (Wildman–Crippen LogP) is 0.577. The summed E-state index contributed by atoms with van der Waals surface area (Å²) in [7, 11) is 0. The predicted molar refractivity (Wildman–Crippen MR) is 180 cm³/mol. The van der Waals surface area contributed by atoms with Gasteiger partial charge in [-0.3, -0.25) is 4.79 Å². The molecule has 53 heavy (non-hydrogen) atoms. The Morgan fingerprint density at radius 2 is 1.42 bits per heavy atom. The number of rotatable bonds is 9. The van der Waals surface area contributed by atoms with E-state index in [1.165, 1.54) is 49.4 Å². The third-order valence-corrected chi connectivity index (χ3v) is 8.71. The van der Waals surface area contributed by atoms with Gasteiger partial charge in [0.05, 0.1) is 6.10 Å². The van der Waals surface area contributed by atoms with Crippen molar-refractivity contribution < 1.29 is 78.9 Å². The van der Waals surface area contributed by atoms with Crippen LogP contribution in [0.3, 0.4) is 0 Å². The first kappa shape index (κ1) is 37.5. The van der Waals surface area contributed by atoms with Crippen molar-refractivity contribution in [3.05, 3.63) is 82.5 Å². The number of aliphatic hydroxyl groups excluding tert-OH is 5. The number of aliphatic hydroxyl groups is 5. The highest BCUT2D eigenvalue weighted by atomic mass is 16.7. The van der Waals surface area contributed by atoms with Crippen LogP contribution >= 0.6 is 0 Å². The van der Waals surface area contributed by atoms with Gasteiger partial charge in [0.1, 0.15) is 83.3 Å². The zero-order valence-electron chi connectivity index (χ0n) is 27.7. The zero-order valence-corrected chi connectivity index (χ0v) is 27.7. The van der Waals surface area contributed by atoms with Gasteiger partial charge in [-0.2, -0.15) is 0 Å². The molecular weight excluding hydrogens is 704 g/mol. The molecule has 2 aliphatic heterocycles. The second-order valence-corrected chi connectivity index (χ2v) is 12.5. The standard InChI is InChI=1S/C36H36O17/c1-15-32(52-36-30(46)28(44)26(42)23(51-36)14-48-24(41)11-4-16-2-7-18(37)8-3-16)29(45)31(47)35(49-15)53-34-27(43)25-21(40)12-20(39)13-22(25)50-33(34)17-5-9-19(38)10-6-17/h2-13,15,23,26,28-32,35-40,42,44-47H,14H2,1H3/b11-4+. The normalized spacial score (nSPS) is 28.9. The minimum Gasteiger partial charge on any atom is -0.508 e. The van der Waals surface area contributed by atoms with Crippen molar-refractivity contribution in [1.29, 1.82) is 0 Å². The van der Waals surface area contributed by atoms with E-state index in [2.05, 4.69) is 0 Å². The fraction of sp³-hybridized carbons (Fsp3) is 0.333. The topological polar surface area (TPSA) is 275 Å². The van der Waals surface area contributed by atoms with Crippen molar-refractivity contribution in [2.75, 3.05) is 6.61 Å². The van der Waals surface area contributed by atoms with Crippen LogP contribution < -0.4 is 10.2 Å². The van der Waals surface area contributed by atoms with E-state index in [9.17, 15) is 55.5 Å². The van der Waals surface area contributed by atoms with Crippen molar-refractivity contribution in [2.24, 2.45) is 0 Å². The lowest BCUT2D eigenvalue weighted by atomic mass is 9.97. The fourth-order valence-corrected chi connectivity index (χ4v) is 5.87. The summed E-state index contributed by atoms with van der Waals surface area (Å²) in [6.07, 6.45) is -14.3. The van der Waals surface area contributed by atoms with Crippen molar-refractivity contribution >= 4 is 23.0 Å². The minimum absolute atomic E-state index is 0.0378. The van der Waals surface area contributed by atoms with E-state index in [1.807, 2.05) is 0 Å². The van der Waals surface area contributed by atoms with E-state index in [4.69, 9.17) is 28.1 Å². The molecule has 17 heteroatoms. The van der Waals surface area contributed by atoms with Crippen LogP contribution in [0.4, 0.5) is 0 Å². The first-order valence-corrected chi connectivity index (χ1v) is 16.2. The molecule has 282 valence electrons. The molecule has 2 fully saturated rings. The lowest BCUT2D eigenvalue weighted by Gasteiger charge is -2.45. The average molecular weight is 741 g/mol. The van der Waals surface area contributed by atoms with E-state index < -0.39 is 96.7 Å². The summed E-state index contributed by atoms with van der Waals surface area (Å²) in [5.74, 6) is -2.76. The van der Waals surface area contributed by atoms with Crippen LogP contribution in [-0.4, -0.2) is 120 Å². The number of ether oxygens (including phenoxy) is 5. The van der Waals surface area contributed by atoms with Gasteiger partial charge in [-0.05, 0) is 55.0 Å². The van der Waals surface area contributed by atoms with Crippen molar-refractivity contribution in [3.63, 3.8) is 0 Å². The Kier molecular flexibility index (Phi) is 10.9. The van der Waals surface area contributed by atoms with Crippen LogP contribution in [0.15, 0.2) is 76.0 Å². The number of fused-ring (bicyclic) bond motifs is 1. The summed E-state index contributed by atoms with van der Waals surface area (Å²) in [5, 5.41) is 93.2. The molecule has 0 aliphatic carbocycles. The molecule has 3 aromatic carbocycles. The first-order valence-electron chi connectivity index (χ1n) is 16.2. The van der Waals surface area contributed by atoms with Gasteiger partial charge in [-0.15, -0.1) is 0 Å². The number of carbonyl (C=O) groups is 1. The molecule has 4 aromatic rings. The highest BCUT2D eigenvalue weighted by Gasteiger charge is 2.50. The fourth-order valence-electron chi connectivity index (χ4n) is 5.87. The Bertz CT molecular complexity index is 2010. The molecule has 17 nitrogen and oxygen atoms in total. The Labute approximate surface area is 299 Å². The van der Waals surface area contributed by atoms with Crippen LogP contribution in [0.1, 0.15) is 12.5 Å². The summed E-state index contributed by atoms with van der Waals surface area (Å²) in [5.41, 5.74) is -0.363. The highest BCUT2D eigenvalue weighted by molar-refractivity contribution is 5.88. The summed E-state index contributed by atoms with van der Waals surface area (Å²) in [6, 6.07) is 13.3. The van der Waals surface area contributed by atoms with Gasteiger partial charge >= 0.3 is 5.97 Å². The molecule has 0 bridgehead atoms. The van der Waals surface area contributed by atoms with Crippen LogP contribution in [-0.2, 0) is 23.7 Å². The number of hydrogen-bond donors (Lipinski definition) is 9. The molecule has 2 saturated heterocycles. The number of aromatic hydroxyl groups is 4. The van der Waals surface area contributed by atoms with Crippen LogP contribution in [0, 0.1) is 0 Å². The summed E-state index contributed by atoms with van der Waals surface area (Å²) in [4.78, 5) is 26.0. The second-order valence-electron chi connectivity index (χ2n) is 12.5. The quantitative estimate of drug-likeness (QED) is 0.0838. The number of esters is 1. The minimum atomic E-state index is -1.94. The smallest absolute Gasteiger partial charge is 0.330 e. The number of phenolic OH excluding ortho intramolecular Hbond substituents is 4. The molecule has 0 spiro atoms. The maximum Gasteiger partial charge on any atom is 0.330 e. The summed E-state index contributed by atoms with van der Waals surface area (Å²) in [6.45, 7) is 0.808. The van der Waals surface area contributed by atoms with Crippen LogP contribution in [0.2, 0.25) is 0 Å². The second kappa shape index (κ2) is 15.4. The van der Waals surface area contributed by atoms with Crippen molar-refractivity contribution in [2.45, 2.75) is 68.3 Å². The van der Waals surface area contributed by atoms with Gasteiger partial charge in [0.25, 0.3) is 0 Å². The van der Waals surface area contributed by atoms with Gasteiger partial charge in [0.2, 0.25) is 17.5 Å². The van der Waals surface area contributed by atoms with Crippen LogP contribution in [0.5, 0.6) is 28.7 Å². The molecule has 9 N–H and O–H groups in total. The molecule has 3 heterocycles. The Hall–Kier alpha value is -5.24.